The van der Waals surface area contributed by atoms with E-state index in [0.29, 0.717) is 6.54 Å². The molecular weight excluding hydrogens is 284 g/mol. The zero-order valence-corrected chi connectivity index (χ0v) is 12.0. The first kappa shape index (κ1) is 12.9. The highest BCUT2D eigenvalue weighted by molar-refractivity contribution is 9.09. The fraction of sp³-hybridized carbons (Fsp3) is 0.833. The van der Waals surface area contributed by atoms with Gasteiger partial charge in [0.2, 0.25) is 0 Å². The number of carbonyl (C=O) groups excluding carboxylic acids is 2. The Morgan fingerprint density at radius 2 is 1.94 bits per heavy atom. The van der Waals surface area contributed by atoms with Gasteiger partial charge in [0.05, 0.1) is 0 Å². The Labute approximate surface area is 110 Å². The number of nitrogens with zero attached hydrogens (tertiary/aromatic N) is 1. The van der Waals surface area contributed by atoms with E-state index in [-0.39, 0.29) is 17.4 Å². The molecule has 2 aliphatic rings. The maximum absolute atomic E-state index is 12.4. The summed E-state index contributed by atoms with van der Waals surface area (Å²) in [6, 6.07) is -0.217. The van der Waals surface area contributed by atoms with Gasteiger partial charge in [-0.25, -0.2) is 4.79 Å². The molecule has 1 saturated carbocycles. The van der Waals surface area contributed by atoms with E-state index in [9.17, 15) is 9.59 Å². The highest BCUT2D eigenvalue weighted by Crippen LogP contribution is 2.36. The molecule has 17 heavy (non-hydrogen) atoms. The fourth-order valence-electron chi connectivity index (χ4n) is 2.61. The average molecular weight is 303 g/mol. The Morgan fingerprint density at radius 3 is 2.47 bits per heavy atom. The second kappa shape index (κ2) is 4.26. The van der Waals surface area contributed by atoms with Gasteiger partial charge in [-0.3, -0.25) is 9.69 Å². The summed E-state index contributed by atoms with van der Waals surface area (Å²) in [5, 5.41) is 3.67. The number of rotatable bonds is 3. The summed E-state index contributed by atoms with van der Waals surface area (Å²) in [5.74, 6) is -0.0194. The van der Waals surface area contributed by atoms with Gasteiger partial charge < -0.3 is 5.32 Å². The van der Waals surface area contributed by atoms with Crippen molar-refractivity contribution in [3.05, 3.63) is 0 Å². The van der Waals surface area contributed by atoms with Gasteiger partial charge in [0, 0.05) is 11.9 Å². The van der Waals surface area contributed by atoms with Crippen LogP contribution in [-0.2, 0) is 4.79 Å². The van der Waals surface area contributed by atoms with Crippen molar-refractivity contribution in [1.29, 1.82) is 0 Å². The summed E-state index contributed by atoms with van der Waals surface area (Å²) in [5.41, 5.74) is -0.656. The van der Waals surface area contributed by atoms with Crippen LogP contribution in [0.5, 0.6) is 0 Å². The molecule has 4 nitrogen and oxygen atoms in total. The summed E-state index contributed by atoms with van der Waals surface area (Å²) in [7, 11) is 0. The third-order valence-corrected chi connectivity index (χ3v) is 5.17. The number of hydrogen-bond donors (Lipinski definition) is 1. The molecule has 1 saturated heterocycles. The topological polar surface area (TPSA) is 49.4 Å². The molecule has 2 rings (SSSR count). The van der Waals surface area contributed by atoms with Crippen LogP contribution in [0, 0.1) is 5.41 Å². The Morgan fingerprint density at radius 1 is 1.35 bits per heavy atom. The number of imide groups is 1. The zero-order chi connectivity index (χ0) is 12.7. The van der Waals surface area contributed by atoms with Crippen molar-refractivity contribution in [2.24, 2.45) is 5.41 Å². The molecule has 0 unspecified atom stereocenters. The molecule has 0 aromatic heterocycles. The molecule has 0 aromatic carbocycles. The van der Waals surface area contributed by atoms with Gasteiger partial charge in [-0.1, -0.05) is 42.6 Å². The third kappa shape index (κ3) is 2.21. The first-order valence-corrected chi connectivity index (χ1v) is 7.22. The molecule has 1 heterocycles. The van der Waals surface area contributed by atoms with Crippen LogP contribution in [0.3, 0.4) is 0 Å². The van der Waals surface area contributed by atoms with Crippen molar-refractivity contribution >= 4 is 27.9 Å². The number of amides is 3. The van der Waals surface area contributed by atoms with Crippen LogP contribution in [0.2, 0.25) is 0 Å². The minimum absolute atomic E-state index is 0.0194. The van der Waals surface area contributed by atoms with Gasteiger partial charge in [-0.05, 0) is 18.3 Å². The average Bonchev–Trinajstić information content (AvgIpc) is 2.81. The summed E-state index contributed by atoms with van der Waals surface area (Å²) in [4.78, 5) is 25.7. The largest absolute Gasteiger partial charge is 0.325 e. The zero-order valence-electron chi connectivity index (χ0n) is 10.4. The van der Waals surface area contributed by atoms with E-state index in [4.69, 9.17) is 0 Å². The van der Waals surface area contributed by atoms with E-state index in [1.165, 1.54) is 4.90 Å². The van der Waals surface area contributed by atoms with Crippen LogP contribution < -0.4 is 5.32 Å². The lowest BCUT2D eigenvalue weighted by atomic mass is 9.94. The Hall–Kier alpha value is -0.580. The second-order valence-corrected chi connectivity index (χ2v) is 6.47. The van der Waals surface area contributed by atoms with E-state index >= 15 is 0 Å². The van der Waals surface area contributed by atoms with E-state index in [1.54, 1.807) is 0 Å². The number of nitrogens with one attached hydrogen (secondary N) is 1. The minimum Gasteiger partial charge on any atom is -0.323 e. The summed E-state index contributed by atoms with van der Waals surface area (Å²) in [6.45, 7) is 4.56. The van der Waals surface area contributed by atoms with Gasteiger partial charge in [0.15, 0.2) is 0 Å². The fourth-order valence-corrected chi connectivity index (χ4v) is 2.78. The smallest absolute Gasteiger partial charge is 0.323 e. The van der Waals surface area contributed by atoms with Crippen molar-refractivity contribution in [2.75, 3.05) is 11.9 Å². The second-order valence-electron chi connectivity index (χ2n) is 5.91. The Bertz CT molecular complexity index is 348. The van der Waals surface area contributed by atoms with Crippen molar-refractivity contribution in [3.8, 4) is 0 Å². The van der Waals surface area contributed by atoms with Crippen molar-refractivity contribution < 1.29 is 9.59 Å². The van der Waals surface area contributed by atoms with E-state index in [1.807, 2.05) is 13.8 Å². The molecule has 1 aliphatic carbocycles. The summed E-state index contributed by atoms with van der Waals surface area (Å²) < 4.78 is 0. The summed E-state index contributed by atoms with van der Waals surface area (Å²) in [6.07, 6.45) is 3.65. The molecule has 0 radical (unpaired) electrons. The maximum atomic E-state index is 12.4. The molecule has 1 spiro atoms. The predicted octanol–water partition coefficient (Wildman–Crippen LogP) is 2.27. The van der Waals surface area contributed by atoms with E-state index in [0.717, 1.165) is 31.0 Å². The molecule has 3 amide bonds. The lowest BCUT2D eigenvalue weighted by Crippen LogP contribution is -2.45. The minimum atomic E-state index is -0.570. The number of alkyl halides is 1. The van der Waals surface area contributed by atoms with Gasteiger partial charge in [0.1, 0.15) is 5.54 Å². The van der Waals surface area contributed by atoms with E-state index < -0.39 is 5.54 Å². The van der Waals surface area contributed by atoms with Crippen molar-refractivity contribution in [2.45, 2.75) is 45.1 Å². The molecule has 1 N–H and O–H groups in total. The van der Waals surface area contributed by atoms with Crippen LogP contribution in [-0.4, -0.2) is 34.3 Å². The van der Waals surface area contributed by atoms with Crippen LogP contribution in [0.4, 0.5) is 4.79 Å². The van der Waals surface area contributed by atoms with Gasteiger partial charge in [-0.2, -0.15) is 0 Å². The first-order valence-electron chi connectivity index (χ1n) is 6.10. The molecule has 0 bridgehead atoms. The maximum Gasteiger partial charge on any atom is 0.325 e. The molecule has 1 aliphatic heterocycles. The van der Waals surface area contributed by atoms with Crippen molar-refractivity contribution in [1.82, 2.24) is 10.2 Å². The van der Waals surface area contributed by atoms with Crippen LogP contribution >= 0.6 is 15.9 Å². The quantitative estimate of drug-likeness (QED) is 0.642. The summed E-state index contributed by atoms with van der Waals surface area (Å²) >= 11 is 3.42. The Balaban J connectivity index is 2.14. The number of halogens is 1. The number of hydrogen-bond acceptors (Lipinski definition) is 2. The Kier molecular flexibility index (Phi) is 3.23. The molecule has 0 atom stereocenters. The normalized spacial score (nSPS) is 23.6. The number of carbonyl (C=O) groups is 2. The van der Waals surface area contributed by atoms with Gasteiger partial charge in [0.25, 0.3) is 5.91 Å². The van der Waals surface area contributed by atoms with Crippen LogP contribution in [0.25, 0.3) is 0 Å². The van der Waals surface area contributed by atoms with Crippen LogP contribution in [0.15, 0.2) is 0 Å². The lowest BCUT2D eigenvalue weighted by Gasteiger charge is -2.27. The highest BCUT2D eigenvalue weighted by Gasteiger charge is 2.52. The third-order valence-electron chi connectivity index (χ3n) is 3.65. The predicted molar refractivity (Wildman–Crippen MR) is 69.0 cm³/mol. The molecule has 96 valence electrons. The molecular formula is C12H19BrN2O2. The van der Waals surface area contributed by atoms with Gasteiger partial charge in [-0.15, -0.1) is 0 Å². The van der Waals surface area contributed by atoms with Gasteiger partial charge >= 0.3 is 6.03 Å². The molecule has 0 aromatic rings. The molecule has 5 heteroatoms. The van der Waals surface area contributed by atoms with Crippen LogP contribution in [0.1, 0.15) is 39.5 Å². The molecule has 2 fully saturated rings. The monoisotopic (exact) mass is 302 g/mol. The SMILES string of the molecule is CC(C)(CBr)CN1C(=O)NC2(CCCC2)C1=O. The highest BCUT2D eigenvalue weighted by atomic mass is 79.9. The lowest BCUT2D eigenvalue weighted by molar-refractivity contribution is -0.131. The number of urea groups is 1. The van der Waals surface area contributed by atoms with E-state index in [2.05, 4.69) is 21.2 Å². The first-order chi connectivity index (χ1) is 7.90. The van der Waals surface area contributed by atoms with Crippen molar-refractivity contribution in [3.63, 3.8) is 0 Å². The standard InChI is InChI=1S/C12H19BrN2O2/c1-11(2,7-13)8-15-9(16)12(14-10(15)17)5-3-4-6-12/h3-8H2,1-2H3,(H,14,17).